The molecule has 1 saturated carbocycles. The Kier molecular flexibility index (Phi) is 6.80. The number of benzene rings is 2. The van der Waals surface area contributed by atoms with Crippen LogP contribution in [-0.2, 0) is 28.0 Å². The van der Waals surface area contributed by atoms with Crippen molar-refractivity contribution in [3.05, 3.63) is 82.9 Å². The topological polar surface area (TPSA) is 68.7 Å². The fourth-order valence-electron chi connectivity index (χ4n) is 6.72. The molecule has 2 aliphatic carbocycles. The number of halogens is 1. The van der Waals surface area contributed by atoms with Gasteiger partial charge in [0.15, 0.2) is 0 Å². The molecule has 2 aromatic carbocycles. The van der Waals surface area contributed by atoms with E-state index in [0.29, 0.717) is 12.2 Å². The maximum absolute atomic E-state index is 14.0. The quantitative estimate of drug-likeness (QED) is 0.361. The number of fused-ring (bicyclic) bond motifs is 2. The first-order valence-corrected chi connectivity index (χ1v) is 13.3. The second-order valence-corrected chi connectivity index (χ2v) is 11.9. The van der Waals surface area contributed by atoms with Crippen LogP contribution in [0.1, 0.15) is 68.9 Å². The summed E-state index contributed by atoms with van der Waals surface area (Å²) in [5, 5.41) is 9.79. The van der Waals surface area contributed by atoms with Gasteiger partial charge in [-0.1, -0.05) is 45.9 Å². The van der Waals surface area contributed by atoms with E-state index in [1.807, 2.05) is 18.2 Å². The lowest BCUT2D eigenvalue weighted by molar-refractivity contribution is -0.139. The van der Waals surface area contributed by atoms with E-state index < -0.39 is 5.97 Å². The number of ether oxygens (including phenoxy) is 2. The van der Waals surface area contributed by atoms with Crippen LogP contribution in [0.15, 0.2) is 54.9 Å². The fraction of sp³-hybridized carbons (Fsp3) is 0.438. The van der Waals surface area contributed by atoms with Gasteiger partial charge in [-0.3, -0.25) is 9.78 Å². The van der Waals surface area contributed by atoms with Gasteiger partial charge >= 0.3 is 5.97 Å². The molecule has 38 heavy (non-hydrogen) atoms. The Morgan fingerprint density at radius 1 is 1.18 bits per heavy atom. The summed E-state index contributed by atoms with van der Waals surface area (Å²) in [7, 11) is 1.69. The average Bonchev–Trinajstić information content (AvgIpc) is 3.46. The molecule has 4 atom stereocenters. The van der Waals surface area contributed by atoms with Gasteiger partial charge in [-0.05, 0) is 82.7 Å². The maximum atomic E-state index is 14.0. The van der Waals surface area contributed by atoms with Crippen LogP contribution in [0.4, 0.5) is 4.39 Å². The van der Waals surface area contributed by atoms with Crippen molar-refractivity contribution in [2.75, 3.05) is 7.11 Å². The molecule has 0 radical (unpaired) electrons. The Hall–Kier alpha value is -3.25. The van der Waals surface area contributed by atoms with Crippen molar-refractivity contribution in [2.45, 2.75) is 65.1 Å². The molecule has 1 fully saturated rings. The number of aromatic nitrogens is 1. The minimum atomic E-state index is -0.704. The van der Waals surface area contributed by atoms with Crippen molar-refractivity contribution in [3.8, 4) is 16.9 Å². The van der Waals surface area contributed by atoms with E-state index >= 15 is 0 Å². The zero-order valence-electron chi connectivity index (χ0n) is 22.8. The Bertz CT molecular complexity index is 1360. The number of aliphatic carboxylic acids is 1. The van der Waals surface area contributed by atoms with E-state index in [-0.39, 0.29) is 34.6 Å². The third-order valence-electron chi connectivity index (χ3n) is 8.49. The molecule has 0 aliphatic heterocycles. The number of hydrogen-bond acceptors (Lipinski definition) is 4. The molecule has 0 amide bonds. The summed E-state index contributed by atoms with van der Waals surface area (Å²) >= 11 is 0. The largest absolute Gasteiger partial charge is 0.489 e. The predicted octanol–water partition coefficient (Wildman–Crippen LogP) is 7.12. The molecule has 0 saturated heterocycles. The van der Waals surface area contributed by atoms with Crippen LogP contribution in [0.5, 0.6) is 5.75 Å². The first kappa shape index (κ1) is 26.4. The Morgan fingerprint density at radius 2 is 1.97 bits per heavy atom. The Morgan fingerprint density at radius 3 is 2.63 bits per heavy atom. The highest BCUT2D eigenvalue weighted by molar-refractivity contribution is 5.79. The van der Waals surface area contributed by atoms with Crippen LogP contribution in [0, 0.1) is 23.1 Å². The highest BCUT2D eigenvalue weighted by atomic mass is 19.1. The standard InChI is InChI=1S/C32H36FNO4/c1-19-28(30(35)36)32(19)12-6-7-21-9-10-24(15-27(21)32)38-18-20-8-11-25(22-14-23(33)17-34-16-22)26(13-20)29(37-5)31(2,3)4/h8-11,13-17,19,28-29H,6-7,12,18H2,1-5H3,(H,35,36). The third kappa shape index (κ3) is 4.60. The van der Waals surface area contributed by atoms with Crippen molar-refractivity contribution in [1.82, 2.24) is 4.98 Å². The Labute approximate surface area is 224 Å². The zero-order valence-corrected chi connectivity index (χ0v) is 22.8. The summed E-state index contributed by atoms with van der Waals surface area (Å²) < 4.78 is 26.2. The van der Waals surface area contributed by atoms with Crippen molar-refractivity contribution in [3.63, 3.8) is 0 Å². The molecule has 1 spiro atoms. The summed E-state index contributed by atoms with van der Waals surface area (Å²) in [6.07, 6.45) is 5.54. The van der Waals surface area contributed by atoms with Gasteiger partial charge in [0.25, 0.3) is 0 Å². The van der Waals surface area contributed by atoms with Crippen molar-refractivity contribution in [1.29, 1.82) is 0 Å². The van der Waals surface area contributed by atoms with Gasteiger partial charge in [-0.25, -0.2) is 4.39 Å². The van der Waals surface area contributed by atoms with Gasteiger partial charge in [0.2, 0.25) is 0 Å². The van der Waals surface area contributed by atoms with E-state index in [2.05, 4.69) is 50.9 Å². The van der Waals surface area contributed by atoms with Crippen LogP contribution in [0.3, 0.4) is 0 Å². The van der Waals surface area contributed by atoms with E-state index in [0.717, 1.165) is 47.3 Å². The molecular weight excluding hydrogens is 481 g/mol. The van der Waals surface area contributed by atoms with E-state index in [1.165, 1.54) is 17.8 Å². The number of carboxylic acids is 1. The second kappa shape index (κ2) is 9.81. The minimum absolute atomic E-state index is 0.130. The number of carbonyl (C=O) groups is 1. The van der Waals surface area contributed by atoms with Crippen molar-refractivity contribution < 1.29 is 23.8 Å². The van der Waals surface area contributed by atoms with Gasteiger partial charge in [0, 0.05) is 24.3 Å². The van der Waals surface area contributed by atoms with Crippen LogP contribution < -0.4 is 4.74 Å². The monoisotopic (exact) mass is 517 g/mol. The zero-order chi connectivity index (χ0) is 27.2. The molecule has 5 rings (SSSR count). The van der Waals surface area contributed by atoms with Crippen LogP contribution in [-0.4, -0.2) is 23.2 Å². The van der Waals surface area contributed by atoms with Crippen molar-refractivity contribution in [2.24, 2.45) is 17.3 Å². The molecule has 5 nitrogen and oxygen atoms in total. The molecule has 1 N–H and O–H groups in total. The van der Waals surface area contributed by atoms with E-state index in [4.69, 9.17) is 9.47 Å². The lowest BCUT2D eigenvalue weighted by Gasteiger charge is -2.31. The number of rotatable bonds is 7. The normalized spacial score (nSPS) is 23.1. The summed E-state index contributed by atoms with van der Waals surface area (Å²) in [6.45, 7) is 8.75. The molecule has 6 heteroatoms. The molecular formula is C32H36FNO4. The minimum Gasteiger partial charge on any atom is -0.489 e. The smallest absolute Gasteiger partial charge is 0.307 e. The lowest BCUT2D eigenvalue weighted by Crippen LogP contribution is -2.22. The summed E-state index contributed by atoms with van der Waals surface area (Å²) in [5.41, 5.74) is 5.41. The number of pyridine rings is 1. The second-order valence-electron chi connectivity index (χ2n) is 11.9. The molecule has 0 bridgehead atoms. The van der Waals surface area contributed by atoms with Gasteiger partial charge in [-0.2, -0.15) is 0 Å². The molecule has 3 aromatic rings. The molecule has 1 aromatic heterocycles. The lowest BCUT2D eigenvalue weighted by atomic mass is 9.77. The molecule has 4 unspecified atom stereocenters. The predicted molar refractivity (Wildman–Crippen MR) is 145 cm³/mol. The number of aryl methyl sites for hydroxylation is 1. The summed E-state index contributed by atoms with van der Waals surface area (Å²) in [5.74, 6) is -0.541. The van der Waals surface area contributed by atoms with Crippen molar-refractivity contribution >= 4 is 5.97 Å². The van der Waals surface area contributed by atoms with Crippen LogP contribution in [0.25, 0.3) is 11.1 Å². The van der Waals surface area contributed by atoms with Gasteiger partial charge in [0.1, 0.15) is 18.2 Å². The fourth-order valence-corrected chi connectivity index (χ4v) is 6.72. The van der Waals surface area contributed by atoms with E-state index in [1.54, 1.807) is 13.3 Å². The van der Waals surface area contributed by atoms with E-state index in [9.17, 15) is 14.3 Å². The number of hydrogen-bond donors (Lipinski definition) is 1. The van der Waals surface area contributed by atoms with Gasteiger partial charge in [-0.15, -0.1) is 0 Å². The Balaban J connectivity index is 1.45. The number of nitrogens with zero attached hydrogens (tertiary/aromatic N) is 1. The molecule has 2 aliphatic rings. The first-order chi connectivity index (χ1) is 18.1. The average molecular weight is 518 g/mol. The molecule has 200 valence electrons. The third-order valence-corrected chi connectivity index (χ3v) is 8.49. The number of carboxylic acid groups (broad SMARTS) is 1. The maximum Gasteiger partial charge on any atom is 0.307 e. The van der Waals surface area contributed by atoms with Gasteiger partial charge in [0.05, 0.1) is 18.2 Å². The molecule has 1 heterocycles. The summed E-state index contributed by atoms with van der Waals surface area (Å²) in [6, 6.07) is 13.7. The first-order valence-electron chi connectivity index (χ1n) is 13.3. The van der Waals surface area contributed by atoms with Crippen LogP contribution >= 0.6 is 0 Å². The highest BCUT2D eigenvalue weighted by Crippen LogP contribution is 2.65. The summed E-state index contributed by atoms with van der Waals surface area (Å²) in [4.78, 5) is 16.0. The SMILES string of the molecule is COC(c1cc(COc2ccc3c(c2)C2(CCC3)C(C)C2C(=O)O)ccc1-c1cncc(F)c1)C(C)(C)C. The van der Waals surface area contributed by atoms with Gasteiger partial charge < -0.3 is 14.6 Å². The number of methoxy groups -OCH3 is 1. The highest BCUT2D eigenvalue weighted by Gasteiger charge is 2.67. The van der Waals surface area contributed by atoms with Crippen LogP contribution in [0.2, 0.25) is 0 Å².